The highest BCUT2D eigenvalue weighted by Gasteiger charge is 2.21. The summed E-state index contributed by atoms with van der Waals surface area (Å²) < 4.78 is 5.63. The average molecular weight is 330 g/mol. The van der Waals surface area contributed by atoms with E-state index in [1.54, 1.807) is 31.2 Å². The smallest absolute Gasteiger partial charge is 0.260 e. The van der Waals surface area contributed by atoms with Gasteiger partial charge in [-0.3, -0.25) is 9.69 Å². The van der Waals surface area contributed by atoms with Gasteiger partial charge in [0.15, 0.2) is 6.10 Å². The third-order valence-electron chi connectivity index (χ3n) is 4.40. The van der Waals surface area contributed by atoms with E-state index < -0.39 is 6.10 Å². The Hall–Kier alpha value is -2.10. The third kappa shape index (κ3) is 5.22. The van der Waals surface area contributed by atoms with Crippen molar-refractivity contribution >= 4 is 5.91 Å². The van der Waals surface area contributed by atoms with Crippen molar-refractivity contribution in [1.82, 2.24) is 15.1 Å². The summed E-state index contributed by atoms with van der Waals surface area (Å²) in [5.41, 5.74) is 0.570. The second-order valence-electron chi connectivity index (χ2n) is 6.33. The van der Waals surface area contributed by atoms with Gasteiger partial charge in [0, 0.05) is 38.8 Å². The summed E-state index contributed by atoms with van der Waals surface area (Å²) in [4.78, 5) is 16.9. The minimum atomic E-state index is -0.572. The van der Waals surface area contributed by atoms with E-state index in [1.165, 1.54) is 0 Å². The highest BCUT2D eigenvalue weighted by Crippen LogP contribution is 2.13. The van der Waals surface area contributed by atoms with Crippen LogP contribution in [0.4, 0.5) is 0 Å². The number of rotatable bonds is 6. The number of nitrogens with zero attached hydrogens (tertiary/aromatic N) is 3. The van der Waals surface area contributed by atoms with E-state index in [1.807, 2.05) is 0 Å². The van der Waals surface area contributed by atoms with Gasteiger partial charge in [-0.05, 0) is 45.2 Å². The van der Waals surface area contributed by atoms with Crippen LogP contribution in [0.3, 0.4) is 0 Å². The number of likely N-dealkylation sites (N-methyl/N-ethyl adjacent to an activating group) is 1. The van der Waals surface area contributed by atoms with Gasteiger partial charge >= 0.3 is 0 Å². The second kappa shape index (κ2) is 8.67. The van der Waals surface area contributed by atoms with Crippen LogP contribution in [0.2, 0.25) is 0 Å². The summed E-state index contributed by atoms with van der Waals surface area (Å²) in [6.45, 7) is 8.68. The van der Waals surface area contributed by atoms with Crippen molar-refractivity contribution in [2.24, 2.45) is 0 Å². The van der Waals surface area contributed by atoms with Crippen molar-refractivity contribution in [2.75, 3.05) is 39.8 Å². The number of hydrogen-bond acceptors (Lipinski definition) is 5. The summed E-state index contributed by atoms with van der Waals surface area (Å²) in [5, 5.41) is 11.7. The molecular weight excluding hydrogens is 304 g/mol. The Bertz CT molecular complexity index is 574. The molecule has 6 nitrogen and oxygen atoms in total. The maximum atomic E-state index is 12.2. The number of benzene rings is 1. The van der Waals surface area contributed by atoms with Gasteiger partial charge in [-0.25, -0.2) is 0 Å². The minimum Gasteiger partial charge on any atom is -0.481 e. The third-order valence-corrected chi connectivity index (χ3v) is 4.40. The topological polar surface area (TPSA) is 68.6 Å². The van der Waals surface area contributed by atoms with Gasteiger partial charge in [-0.1, -0.05) is 0 Å². The van der Waals surface area contributed by atoms with Gasteiger partial charge in [-0.2, -0.15) is 5.26 Å². The molecule has 0 unspecified atom stereocenters. The minimum absolute atomic E-state index is 0.125. The number of amides is 1. The molecule has 0 bridgehead atoms. The second-order valence-corrected chi connectivity index (χ2v) is 6.33. The van der Waals surface area contributed by atoms with Gasteiger partial charge in [0.2, 0.25) is 0 Å². The zero-order valence-corrected chi connectivity index (χ0v) is 14.7. The zero-order chi connectivity index (χ0) is 17.5. The molecule has 0 radical (unpaired) electrons. The van der Waals surface area contributed by atoms with Crippen LogP contribution >= 0.6 is 0 Å². The van der Waals surface area contributed by atoms with Crippen LogP contribution in [0.15, 0.2) is 24.3 Å². The fourth-order valence-corrected chi connectivity index (χ4v) is 2.65. The van der Waals surface area contributed by atoms with Crippen LogP contribution in [0, 0.1) is 11.3 Å². The van der Waals surface area contributed by atoms with Crippen LogP contribution in [-0.2, 0) is 4.79 Å². The first kappa shape index (κ1) is 18.2. The van der Waals surface area contributed by atoms with Crippen molar-refractivity contribution in [3.05, 3.63) is 29.8 Å². The van der Waals surface area contributed by atoms with Crippen molar-refractivity contribution in [2.45, 2.75) is 26.0 Å². The molecule has 0 aliphatic carbocycles. The monoisotopic (exact) mass is 330 g/mol. The van der Waals surface area contributed by atoms with E-state index in [4.69, 9.17) is 10.00 Å². The number of hydrogen-bond donors (Lipinski definition) is 1. The highest BCUT2D eigenvalue weighted by molar-refractivity contribution is 5.80. The van der Waals surface area contributed by atoms with Gasteiger partial charge in [0.05, 0.1) is 11.6 Å². The Morgan fingerprint density at radius 2 is 1.88 bits per heavy atom. The predicted molar refractivity (Wildman–Crippen MR) is 92.8 cm³/mol. The lowest BCUT2D eigenvalue weighted by Crippen LogP contribution is -2.52. The molecule has 1 N–H and O–H groups in total. The standard InChI is InChI=1S/C18H26N4O2/c1-14(22-10-8-21(3)9-11-22)13-20-18(23)15(2)24-17-6-4-16(12-19)5-7-17/h4-7,14-15H,8-11,13H2,1-3H3,(H,20,23)/t14-,15-/m1/s1. The Balaban J connectivity index is 1.75. The van der Waals surface area contributed by atoms with Crippen LogP contribution in [0.25, 0.3) is 0 Å². The van der Waals surface area contributed by atoms with Crippen molar-refractivity contribution in [3.63, 3.8) is 0 Å². The molecular formula is C18H26N4O2. The number of ether oxygens (including phenoxy) is 1. The number of nitriles is 1. The molecule has 0 spiro atoms. The molecule has 1 saturated heterocycles. The summed E-state index contributed by atoms with van der Waals surface area (Å²) in [6.07, 6.45) is -0.572. The van der Waals surface area contributed by atoms with Crippen LogP contribution in [0.1, 0.15) is 19.4 Å². The predicted octanol–water partition coefficient (Wildman–Crippen LogP) is 1.08. The number of nitrogens with one attached hydrogen (secondary N) is 1. The molecule has 1 aromatic carbocycles. The highest BCUT2D eigenvalue weighted by atomic mass is 16.5. The van der Waals surface area contributed by atoms with Crippen molar-refractivity contribution in [1.29, 1.82) is 5.26 Å². The molecule has 0 saturated carbocycles. The normalized spacial score (nSPS) is 18.4. The number of carbonyl (C=O) groups excluding carboxylic acids is 1. The van der Waals surface area contributed by atoms with Crippen LogP contribution in [-0.4, -0.2) is 67.6 Å². The molecule has 24 heavy (non-hydrogen) atoms. The van der Waals surface area contributed by atoms with Crippen molar-refractivity contribution in [3.8, 4) is 11.8 Å². The maximum Gasteiger partial charge on any atom is 0.260 e. The van der Waals surface area contributed by atoms with Crippen LogP contribution in [0.5, 0.6) is 5.75 Å². The lowest BCUT2D eigenvalue weighted by atomic mass is 10.2. The summed E-state index contributed by atoms with van der Waals surface area (Å²) in [5.74, 6) is 0.462. The van der Waals surface area contributed by atoms with E-state index in [0.717, 1.165) is 26.2 Å². The average Bonchev–Trinajstić information content (AvgIpc) is 2.60. The van der Waals surface area contributed by atoms with E-state index >= 15 is 0 Å². The van der Waals surface area contributed by atoms with Gasteiger partial charge in [0.25, 0.3) is 5.91 Å². The zero-order valence-electron chi connectivity index (χ0n) is 14.7. The van der Waals surface area contributed by atoms with Crippen molar-refractivity contribution < 1.29 is 9.53 Å². The number of carbonyl (C=O) groups is 1. The molecule has 1 fully saturated rings. The molecule has 6 heteroatoms. The van der Waals surface area contributed by atoms with Crippen LogP contribution < -0.4 is 10.1 Å². The Kier molecular flexibility index (Phi) is 6.59. The SMILES string of the molecule is C[C@H](CNC(=O)[C@@H](C)Oc1ccc(C#N)cc1)N1CCN(C)CC1. The lowest BCUT2D eigenvalue weighted by molar-refractivity contribution is -0.127. The molecule has 2 rings (SSSR count). The summed E-state index contributed by atoms with van der Waals surface area (Å²) in [6, 6.07) is 9.12. The van der Waals surface area contributed by atoms with E-state index in [0.29, 0.717) is 23.9 Å². The van der Waals surface area contributed by atoms with Gasteiger partial charge < -0.3 is 15.0 Å². The molecule has 1 heterocycles. The maximum absolute atomic E-state index is 12.2. The fourth-order valence-electron chi connectivity index (χ4n) is 2.65. The first-order valence-corrected chi connectivity index (χ1v) is 8.36. The molecule has 1 aliphatic rings. The fraction of sp³-hybridized carbons (Fsp3) is 0.556. The summed E-state index contributed by atoms with van der Waals surface area (Å²) >= 11 is 0. The van der Waals surface area contributed by atoms with E-state index in [-0.39, 0.29) is 5.91 Å². The van der Waals surface area contributed by atoms with Gasteiger partial charge in [0.1, 0.15) is 5.75 Å². The Labute approximate surface area is 144 Å². The molecule has 2 atom stereocenters. The largest absolute Gasteiger partial charge is 0.481 e. The first-order valence-electron chi connectivity index (χ1n) is 8.36. The Morgan fingerprint density at radius 1 is 1.25 bits per heavy atom. The van der Waals surface area contributed by atoms with E-state index in [2.05, 4.69) is 35.2 Å². The number of piperazine rings is 1. The quantitative estimate of drug-likeness (QED) is 0.845. The molecule has 1 amide bonds. The van der Waals surface area contributed by atoms with Gasteiger partial charge in [-0.15, -0.1) is 0 Å². The summed E-state index contributed by atoms with van der Waals surface area (Å²) in [7, 11) is 2.13. The molecule has 1 aromatic rings. The first-order chi connectivity index (χ1) is 11.5. The molecule has 0 aromatic heterocycles. The molecule has 1 aliphatic heterocycles. The van der Waals surface area contributed by atoms with E-state index in [9.17, 15) is 4.79 Å². The lowest BCUT2D eigenvalue weighted by Gasteiger charge is -2.36. The molecule has 130 valence electrons. The Morgan fingerprint density at radius 3 is 2.46 bits per heavy atom.